The number of anilines is 1. The average Bonchev–Trinajstić information content (AvgIpc) is 3.25. The largest absolute Gasteiger partial charge is 0.343 e. The first-order valence-corrected chi connectivity index (χ1v) is 13.0. The van der Waals surface area contributed by atoms with Gasteiger partial charge in [-0.05, 0) is 42.5 Å². The molecule has 2 N–H and O–H groups in total. The lowest BCUT2D eigenvalue weighted by Crippen LogP contribution is -2.47. The van der Waals surface area contributed by atoms with Crippen LogP contribution in [0.3, 0.4) is 0 Å². The van der Waals surface area contributed by atoms with E-state index in [0.717, 1.165) is 4.90 Å². The van der Waals surface area contributed by atoms with Crippen molar-refractivity contribution in [2.75, 3.05) is 18.4 Å². The highest BCUT2D eigenvalue weighted by Gasteiger charge is 2.32. The minimum Gasteiger partial charge on any atom is -0.343 e. The minimum absolute atomic E-state index is 0.0976. The average molecular weight is 486 g/mol. The highest BCUT2D eigenvalue weighted by Crippen LogP contribution is 2.38. The van der Waals surface area contributed by atoms with Crippen molar-refractivity contribution >= 4 is 62.2 Å². The van der Waals surface area contributed by atoms with Crippen molar-refractivity contribution in [1.29, 1.82) is 0 Å². The van der Waals surface area contributed by atoms with Gasteiger partial charge in [0.15, 0.2) is 0 Å². The maximum Gasteiger partial charge on any atom is 0.250 e. The number of thioether (sulfide) groups is 1. The van der Waals surface area contributed by atoms with Gasteiger partial charge in [0.25, 0.3) is 0 Å². The van der Waals surface area contributed by atoms with Crippen LogP contribution in [0, 0.1) is 0 Å². The first-order chi connectivity index (χ1) is 14.3. The van der Waals surface area contributed by atoms with E-state index in [9.17, 15) is 18.0 Å². The first kappa shape index (κ1) is 21.6. The number of hydrogen-bond acceptors (Lipinski definition) is 6. The Kier molecular flexibility index (Phi) is 6.40. The Morgan fingerprint density at radius 3 is 2.73 bits per heavy atom. The third-order valence-corrected chi connectivity index (χ3v) is 9.48. The maximum absolute atomic E-state index is 12.7. The molecule has 1 fully saturated rings. The van der Waals surface area contributed by atoms with Crippen molar-refractivity contribution in [2.45, 2.75) is 39.7 Å². The molecule has 0 spiro atoms. The van der Waals surface area contributed by atoms with Gasteiger partial charge in [-0.2, -0.15) is 0 Å². The predicted octanol–water partition coefficient (Wildman–Crippen LogP) is 3.17. The van der Waals surface area contributed by atoms with Crippen LogP contribution < -0.4 is 10.0 Å². The topological polar surface area (TPSA) is 95.6 Å². The molecule has 0 aliphatic carbocycles. The van der Waals surface area contributed by atoms with Gasteiger partial charge in [0.1, 0.15) is 4.21 Å². The van der Waals surface area contributed by atoms with Crippen molar-refractivity contribution < 1.29 is 18.0 Å². The molecule has 7 nitrogen and oxygen atoms in total. The summed E-state index contributed by atoms with van der Waals surface area (Å²) in [5.41, 5.74) is 0.667. The number of carbonyl (C=O) groups is 2. The fraction of sp³-hybridized carbons (Fsp3) is 0.368. The van der Waals surface area contributed by atoms with E-state index >= 15 is 0 Å². The highest BCUT2D eigenvalue weighted by molar-refractivity contribution is 8.01. The molecule has 4 rings (SSSR count). The third-order valence-electron chi connectivity index (χ3n) is 5.05. The summed E-state index contributed by atoms with van der Waals surface area (Å²) < 4.78 is 27.7. The van der Waals surface area contributed by atoms with Crippen molar-refractivity contribution in [3.63, 3.8) is 0 Å². The van der Waals surface area contributed by atoms with Gasteiger partial charge in [0.2, 0.25) is 21.8 Å². The zero-order valence-electron chi connectivity index (χ0n) is 15.8. The molecular weight excluding hydrogens is 466 g/mol. The summed E-state index contributed by atoms with van der Waals surface area (Å²) >= 11 is 8.51. The molecule has 0 unspecified atom stereocenters. The number of amides is 2. The normalized spacial score (nSPS) is 20.0. The molecule has 2 amide bonds. The van der Waals surface area contributed by atoms with E-state index in [4.69, 9.17) is 11.6 Å². The Hall–Kier alpha value is -1.59. The van der Waals surface area contributed by atoms with Crippen LogP contribution >= 0.6 is 34.7 Å². The zero-order valence-corrected chi connectivity index (χ0v) is 19.0. The Morgan fingerprint density at radius 2 is 2.03 bits per heavy atom. The van der Waals surface area contributed by atoms with Crippen LogP contribution in [0.25, 0.3) is 0 Å². The molecule has 3 heterocycles. The number of fused-ring (bicyclic) bond motifs is 1. The SMILES string of the molecule is O=C1Nc2cc(Cl)ccc2S[C@H]1CC(=O)N1CCC(NS(=O)(=O)c2cccs2)CC1. The summed E-state index contributed by atoms with van der Waals surface area (Å²) in [5.74, 6) is -0.304. The maximum atomic E-state index is 12.7. The van der Waals surface area contributed by atoms with Gasteiger partial charge in [-0.25, -0.2) is 13.1 Å². The van der Waals surface area contributed by atoms with E-state index in [1.54, 1.807) is 34.5 Å². The molecule has 0 bridgehead atoms. The van der Waals surface area contributed by atoms with Crippen molar-refractivity contribution in [2.24, 2.45) is 0 Å². The second-order valence-corrected chi connectivity index (χ2v) is 11.7. The van der Waals surface area contributed by atoms with Gasteiger partial charge in [-0.3, -0.25) is 9.59 Å². The Labute approximate surface area is 188 Å². The number of likely N-dealkylation sites (tertiary alicyclic amines) is 1. The van der Waals surface area contributed by atoms with E-state index < -0.39 is 15.3 Å². The molecule has 2 aromatic rings. The van der Waals surface area contributed by atoms with Gasteiger partial charge < -0.3 is 10.2 Å². The molecule has 160 valence electrons. The number of piperidine rings is 1. The summed E-state index contributed by atoms with van der Waals surface area (Å²) in [6, 6.07) is 8.36. The summed E-state index contributed by atoms with van der Waals surface area (Å²) in [6.07, 6.45) is 1.19. The Bertz CT molecular complexity index is 1050. The molecule has 30 heavy (non-hydrogen) atoms. The van der Waals surface area contributed by atoms with Crippen LogP contribution in [-0.4, -0.2) is 49.5 Å². The molecule has 0 radical (unpaired) electrons. The standard InChI is InChI=1S/C19H20ClN3O4S3/c20-12-3-4-15-14(10-12)21-19(25)16(29-15)11-17(24)23-7-5-13(6-8-23)22-30(26,27)18-2-1-9-28-18/h1-4,9-10,13,16,22H,5-8,11H2,(H,21,25)/t16-/m0/s1. The molecular formula is C19H20ClN3O4S3. The molecule has 1 aromatic carbocycles. The minimum atomic E-state index is -3.52. The number of nitrogens with one attached hydrogen (secondary N) is 2. The van der Waals surface area contributed by atoms with Gasteiger partial charge in [-0.15, -0.1) is 23.1 Å². The number of hydrogen-bond donors (Lipinski definition) is 2. The van der Waals surface area contributed by atoms with Gasteiger partial charge in [0.05, 0.1) is 10.9 Å². The van der Waals surface area contributed by atoms with Crippen LogP contribution in [-0.2, 0) is 19.6 Å². The fourth-order valence-corrected chi connectivity index (χ4v) is 7.05. The lowest BCUT2D eigenvalue weighted by molar-refractivity contribution is -0.133. The number of carbonyl (C=O) groups excluding carboxylic acids is 2. The highest BCUT2D eigenvalue weighted by atomic mass is 35.5. The van der Waals surface area contributed by atoms with E-state index in [1.807, 2.05) is 6.07 Å². The molecule has 1 saturated heterocycles. The number of nitrogens with zero attached hydrogens (tertiary/aromatic N) is 1. The summed E-state index contributed by atoms with van der Waals surface area (Å²) in [4.78, 5) is 27.7. The second kappa shape index (κ2) is 8.88. The second-order valence-electron chi connectivity index (χ2n) is 7.15. The lowest BCUT2D eigenvalue weighted by atomic mass is 10.1. The van der Waals surface area contributed by atoms with Gasteiger partial charge in [0, 0.05) is 35.5 Å². The molecule has 1 aromatic heterocycles. The molecule has 2 aliphatic rings. The first-order valence-electron chi connectivity index (χ1n) is 9.42. The summed E-state index contributed by atoms with van der Waals surface area (Å²) in [5, 5.41) is 4.58. The Morgan fingerprint density at radius 1 is 1.27 bits per heavy atom. The molecule has 2 aliphatic heterocycles. The predicted molar refractivity (Wildman–Crippen MR) is 119 cm³/mol. The third kappa shape index (κ3) is 4.83. The number of sulfonamides is 1. The molecule has 1 atom stereocenters. The number of halogens is 1. The van der Waals surface area contributed by atoms with Crippen LogP contribution in [0.5, 0.6) is 0 Å². The fourth-order valence-electron chi connectivity index (χ4n) is 3.49. The van der Waals surface area contributed by atoms with Crippen LogP contribution in [0.15, 0.2) is 44.8 Å². The molecule has 11 heteroatoms. The summed E-state index contributed by atoms with van der Waals surface area (Å²) in [7, 11) is -3.52. The van der Waals surface area contributed by atoms with Crippen molar-refractivity contribution in [3.8, 4) is 0 Å². The summed E-state index contributed by atoms with van der Waals surface area (Å²) in [6.45, 7) is 0.920. The van der Waals surface area contributed by atoms with E-state index in [0.29, 0.717) is 40.9 Å². The quantitative estimate of drug-likeness (QED) is 0.678. The smallest absolute Gasteiger partial charge is 0.250 e. The van der Waals surface area contributed by atoms with E-state index in [1.165, 1.54) is 23.1 Å². The molecule has 0 saturated carbocycles. The number of thiophene rings is 1. The van der Waals surface area contributed by atoms with Crippen LogP contribution in [0.4, 0.5) is 5.69 Å². The number of benzene rings is 1. The van der Waals surface area contributed by atoms with Crippen LogP contribution in [0.1, 0.15) is 19.3 Å². The van der Waals surface area contributed by atoms with Crippen molar-refractivity contribution in [1.82, 2.24) is 9.62 Å². The van der Waals surface area contributed by atoms with E-state index in [-0.39, 0.29) is 24.3 Å². The monoisotopic (exact) mass is 485 g/mol. The van der Waals surface area contributed by atoms with E-state index in [2.05, 4.69) is 10.0 Å². The van der Waals surface area contributed by atoms with Crippen molar-refractivity contribution in [3.05, 3.63) is 40.7 Å². The van der Waals surface area contributed by atoms with Crippen LogP contribution in [0.2, 0.25) is 5.02 Å². The number of rotatable bonds is 5. The lowest BCUT2D eigenvalue weighted by Gasteiger charge is -2.33. The zero-order chi connectivity index (χ0) is 21.3. The van der Waals surface area contributed by atoms with Gasteiger partial charge in [-0.1, -0.05) is 17.7 Å². The Balaban J connectivity index is 1.30. The van der Waals surface area contributed by atoms with Gasteiger partial charge >= 0.3 is 0 Å².